The van der Waals surface area contributed by atoms with Crippen molar-refractivity contribution >= 4 is 28.4 Å². The number of anilines is 1. The summed E-state index contributed by atoms with van der Waals surface area (Å²) < 4.78 is 0. The number of fused-ring (bicyclic) bond motifs is 1. The Balaban J connectivity index is 1.42. The summed E-state index contributed by atoms with van der Waals surface area (Å²) in [6.07, 6.45) is 1.49. The monoisotopic (exact) mass is 459 g/mol. The zero-order valence-electron chi connectivity index (χ0n) is 20.0. The molecule has 1 aromatic heterocycles. The van der Waals surface area contributed by atoms with E-state index in [4.69, 9.17) is 11.5 Å². The van der Waals surface area contributed by atoms with Crippen molar-refractivity contribution in [2.24, 2.45) is 11.7 Å². The van der Waals surface area contributed by atoms with E-state index >= 15 is 0 Å². The molecule has 2 heterocycles. The van der Waals surface area contributed by atoms with Gasteiger partial charge in [0.15, 0.2) is 0 Å². The minimum Gasteiger partial charge on any atom is -0.384 e. The number of carbonyl (C=O) groups excluding carboxylic acids is 2. The summed E-state index contributed by atoms with van der Waals surface area (Å²) in [7, 11) is 0. The van der Waals surface area contributed by atoms with Gasteiger partial charge in [-0.05, 0) is 73.1 Å². The molecule has 1 aliphatic heterocycles. The summed E-state index contributed by atoms with van der Waals surface area (Å²) in [5.74, 6) is 0.188. The molecule has 1 saturated heterocycles. The number of hydrogen-bond donors (Lipinski definition) is 3. The highest BCUT2D eigenvalue weighted by Crippen LogP contribution is 2.29. The second-order valence-electron chi connectivity index (χ2n) is 9.43. The number of benzene rings is 2. The Bertz CT molecular complexity index is 1220. The van der Waals surface area contributed by atoms with E-state index in [1.54, 1.807) is 6.07 Å². The Morgan fingerprint density at radius 1 is 1.18 bits per heavy atom. The molecule has 2 amide bonds. The molecule has 7 heteroatoms. The summed E-state index contributed by atoms with van der Waals surface area (Å²) >= 11 is 0. The summed E-state index contributed by atoms with van der Waals surface area (Å²) in [6, 6.07) is 15.5. The number of pyridine rings is 1. The average molecular weight is 460 g/mol. The number of hydrogen-bond acceptors (Lipinski definition) is 5. The maximum absolute atomic E-state index is 12.9. The van der Waals surface area contributed by atoms with E-state index in [2.05, 4.69) is 53.6 Å². The summed E-state index contributed by atoms with van der Waals surface area (Å²) in [5, 5.41) is 5.45. The van der Waals surface area contributed by atoms with Gasteiger partial charge in [-0.3, -0.25) is 14.5 Å². The third kappa shape index (κ3) is 5.04. The summed E-state index contributed by atoms with van der Waals surface area (Å²) in [5.41, 5.74) is 15.6. The fourth-order valence-corrected chi connectivity index (χ4v) is 5.04. The number of nitrogens with two attached hydrogens (primary N) is 2. The van der Waals surface area contributed by atoms with Gasteiger partial charge in [-0.1, -0.05) is 42.5 Å². The smallest absolute Gasteiger partial charge is 0.237 e. The fourth-order valence-electron chi connectivity index (χ4n) is 5.04. The lowest BCUT2D eigenvalue weighted by Gasteiger charge is -2.28. The molecule has 4 rings (SSSR count). The topological polar surface area (TPSA) is 114 Å². The van der Waals surface area contributed by atoms with Gasteiger partial charge in [0, 0.05) is 18.8 Å². The van der Waals surface area contributed by atoms with Gasteiger partial charge in [-0.15, -0.1) is 0 Å². The highest BCUT2D eigenvalue weighted by Gasteiger charge is 2.40. The maximum Gasteiger partial charge on any atom is 0.237 e. The maximum atomic E-state index is 12.9. The van der Waals surface area contributed by atoms with Gasteiger partial charge < -0.3 is 16.8 Å². The average Bonchev–Trinajstić information content (AvgIpc) is 3.22. The van der Waals surface area contributed by atoms with Crippen LogP contribution in [0.4, 0.5) is 5.82 Å². The molecule has 0 spiro atoms. The van der Waals surface area contributed by atoms with E-state index in [1.165, 1.54) is 21.9 Å². The van der Waals surface area contributed by atoms with Crippen LogP contribution in [0.15, 0.2) is 48.5 Å². The molecule has 3 aromatic rings. The number of aromatic nitrogens is 1. The van der Waals surface area contributed by atoms with Crippen molar-refractivity contribution in [2.75, 3.05) is 12.3 Å². The molecule has 2 unspecified atom stereocenters. The molecule has 0 aliphatic carbocycles. The molecule has 3 atom stereocenters. The lowest BCUT2D eigenvalue weighted by atomic mass is 9.94. The molecule has 178 valence electrons. The van der Waals surface area contributed by atoms with Gasteiger partial charge in [0.2, 0.25) is 11.8 Å². The third-order valence-corrected chi connectivity index (χ3v) is 6.99. The van der Waals surface area contributed by atoms with Gasteiger partial charge in [0.1, 0.15) is 5.82 Å². The quantitative estimate of drug-likeness (QED) is 0.503. The first-order valence-corrected chi connectivity index (χ1v) is 11.8. The number of primary amides is 1. The van der Waals surface area contributed by atoms with E-state index in [-0.39, 0.29) is 17.7 Å². The molecule has 5 N–H and O–H groups in total. The lowest BCUT2D eigenvalue weighted by Crippen LogP contribution is -2.51. The minimum absolute atomic E-state index is 0.135. The SMILES string of the molecule is Cc1nc(N)ccc1CNC(=O)[C@H](C)N1CC(Cc2ccc3c(C)cccc3c2)CC1C(N)=O. The van der Waals surface area contributed by atoms with Gasteiger partial charge in [0.25, 0.3) is 0 Å². The van der Waals surface area contributed by atoms with Crippen LogP contribution in [0.2, 0.25) is 0 Å². The number of amides is 2. The van der Waals surface area contributed by atoms with Gasteiger partial charge >= 0.3 is 0 Å². The van der Waals surface area contributed by atoms with Crippen LogP contribution in [0.5, 0.6) is 0 Å². The van der Waals surface area contributed by atoms with E-state index in [0.717, 1.165) is 17.7 Å². The number of nitrogen functional groups attached to an aromatic ring is 1. The highest BCUT2D eigenvalue weighted by atomic mass is 16.2. The third-order valence-electron chi connectivity index (χ3n) is 6.99. The first-order chi connectivity index (χ1) is 16.2. The standard InChI is InChI=1S/C27H33N5O2/c1-16-5-4-6-21-12-19(7-9-23(16)21)11-20-13-24(26(29)33)32(15-20)18(3)27(34)30-14-22-8-10-25(28)31-17(22)2/h4-10,12,18,20,24H,11,13-15H2,1-3H3,(H2,28,31)(H2,29,33)(H,30,34)/t18-,20?,24?/m0/s1. The van der Waals surface area contributed by atoms with Gasteiger partial charge in [0.05, 0.1) is 12.1 Å². The number of rotatable bonds is 7. The largest absolute Gasteiger partial charge is 0.384 e. The number of nitrogens with one attached hydrogen (secondary N) is 1. The van der Waals surface area contributed by atoms with Crippen LogP contribution in [0.25, 0.3) is 10.8 Å². The normalized spacial score (nSPS) is 19.3. The second-order valence-corrected chi connectivity index (χ2v) is 9.43. The molecule has 0 radical (unpaired) electrons. The molecular formula is C27H33N5O2. The molecule has 1 fully saturated rings. The van der Waals surface area contributed by atoms with E-state index in [0.29, 0.717) is 25.3 Å². The Morgan fingerprint density at radius 2 is 1.97 bits per heavy atom. The summed E-state index contributed by atoms with van der Waals surface area (Å²) in [4.78, 5) is 31.4. The van der Waals surface area contributed by atoms with Crippen LogP contribution in [0.3, 0.4) is 0 Å². The van der Waals surface area contributed by atoms with Gasteiger partial charge in [-0.25, -0.2) is 4.98 Å². The van der Waals surface area contributed by atoms with Crippen LogP contribution < -0.4 is 16.8 Å². The van der Waals surface area contributed by atoms with E-state index < -0.39 is 12.1 Å². The highest BCUT2D eigenvalue weighted by molar-refractivity contribution is 5.86. The molecule has 34 heavy (non-hydrogen) atoms. The zero-order chi connectivity index (χ0) is 24.4. The van der Waals surface area contributed by atoms with Crippen LogP contribution in [-0.4, -0.2) is 40.3 Å². The van der Waals surface area contributed by atoms with Crippen molar-refractivity contribution in [3.05, 3.63) is 70.9 Å². The Hall–Kier alpha value is -3.45. The van der Waals surface area contributed by atoms with Crippen molar-refractivity contribution < 1.29 is 9.59 Å². The van der Waals surface area contributed by atoms with Crippen molar-refractivity contribution in [1.82, 2.24) is 15.2 Å². The molecule has 0 bridgehead atoms. The number of carbonyl (C=O) groups is 2. The van der Waals surface area contributed by atoms with Crippen molar-refractivity contribution in [1.29, 1.82) is 0 Å². The molecule has 7 nitrogen and oxygen atoms in total. The number of nitrogens with zero attached hydrogens (tertiary/aromatic N) is 2. The van der Waals surface area contributed by atoms with E-state index in [1.807, 2.05) is 24.8 Å². The minimum atomic E-state index is -0.469. The molecular weight excluding hydrogens is 426 g/mol. The summed E-state index contributed by atoms with van der Waals surface area (Å²) in [6.45, 7) is 6.82. The molecule has 1 aliphatic rings. The Kier molecular flexibility index (Phi) is 6.84. The second kappa shape index (κ2) is 9.81. The van der Waals surface area contributed by atoms with Crippen molar-refractivity contribution in [3.8, 4) is 0 Å². The number of aryl methyl sites for hydroxylation is 2. The fraction of sp³-hybridized carbons (Fsp3) is 0.370. The molecule has 2 aromatic carbocycles. The van der Waals surface area contributed by atoms with Crippen LogP contribution in [-0.2, 0) is 22.6 Å². The van der Waals surface area contributed by atoms with Crippen LogP contribution >= 0.6 is 0 Å². The van der Waals surface area contributed by atoms with E-state index in [9.17, 15) is 9.59 Å². The predicted octanol–water partition coefficient (Wildman–Crippen LogP) is 2.86. The first-order valence-electron chi connectivity index (χ1n) is 11.8. The first kappa shape index (κ1) is 23.7. The predicted molar refractivity (Wildman–Crippen MR) is 135 cm³/mol. The van der Waals surface area contributed by atoms with Crippen molar-refractivity contribution in [3.63, 3.8) is 0 Å². The van der Waals surface area contributed by atoms with Crippen molar-refractivity contribution in [2.45, 2.75) is 52.2 Å². The Labute approximate surface area is 200 Å². The lowest BCUT2D eigenvalue weighted by molar-refractivity contribution is -0.129. The van der Waals surface area contributed by atoms with Crippen LogP contribution in [0.1, 0.15) is 35.7 Å². The molecule has 0 saturated carbocycles. The van der Waals surface area contributed by atoms with Gasteiger partial charge in [-0.2, -0.15) is 0 Å². The Morgan fingerprint density at radius 3 is 2.71 bits per heavy atom. The van der Waals surface area contributed by atoms with Crippen LogP contribution in [0, 0.1) is 19.8 Å². The number of likely N-dealkylation sites (tertiary alicyclic amines) is 1. The zero-order valence-corrected chi connectivity index (χ0v) is 20.0.